The summed E-state index contributed by atoms with van der Waals surface area (Å²) in [7, 11) is 5.94. The topological polar surface area (TPSA) is 32.8 Å². The Labute approximate surface area is 171 Å². The zero-order chi connectivity index (χ0) is 21.4. The highest BCUT2D eigenvalue weighted by molar-refractivity contribution is 6.33. The van der Waals surface area contributed by atoms with Gasteiger partial charge in [0.15, 0.2) is 0 Å². The Bertz CT molecular complexity index is 753. The van der Waals surface area contributed by atoms with Crippen LogP contribution in [0, 0.1) is 0 Å². The average molecular weight is 408 g/mol. The van der Waals surface area contributed by atoms with Crippen LogP contribution in [0.1, 0.15) is 57.6 Å². The highest BCUT2D eigenvalue weighted by Gasteiger charge is 2.44. The van der Waals surface area contributed by atoms with E-state index in [9.17, 15) is 18.0 Å². The molecule has 0 atom stereocenters. The van der Waals surface area contributed by atoms with Crippen molar-refractivity contribution in [3.63, 3.8) is 0 Å². The second-order valence-corrected chi connectivity index (χ2v) is 9.13. The van der Waals surface area contributed by atoms with E-state index >= 15 is 0 Å². The largest absolute Gasteiger partial charge is 0.444 e. The number of carbonyl (C=O) groups is 1. The monoisotopic (exact) mass is 408 g/mol. The molecule has 2 heterocycles. The lowest BCUT2D eigenvalue weighted by Gasteiger charge is -2.45. The highest BCUT2D eigenvalue weighted by Crippen LogP contribution is 2.39. The maximum Gasteiger partial charge on any atom is 0.416 e. The van der Waals surface area contributed by atoms with Gasteiger partial charge in [-0.2, -0.15) is 13.2 Å². The first-order valence-electron chi connectivity index (χ1n) is 10.1. The first-order chi connectivity index (χ1) is 13.4. The number of rotatable bonds is 2. The Morgan fingerprint density at radius 2 is 1.79 bits per heavy atom. The summed E-state index contributed by atoms with van der Waals surface area (Å²) in [5, 5.41) is 0. The normalized spacial score (nSPS) is 20.3. The molecule has 29 heavy (non-hydrogen) atoms. The standard InChI is InChI=1S/C21H28BF3N2O2/c1-19(2,3)29-18(28)26-11-8-20(9-12-26)7-4-10-27(20)14-15-5-6-16(13-17(15)22)21(23,24)25/h5-6,13H,4,7-12,14H2,1-3H3. The second-order valence-electron chi connectivity index (χ2n) is 9.13. The minimum Gasteiger partial charge on any atom is -0.444 e. The van der Waals surface area contributed by atoms with Crippen molar-refractivity contribution in [3.05, 3.63) is 29.3 Å². The van der Waals surface area contributed by atoms with Gasteiger partial charge in [0, 0.05) is 25.2 Å². The Kier molecular flexibility index (Phi) is 5.96. The van der Waals surface area contributed by atoms with Gasteiger partial charge in [0.1, 0.15) is 13.4 Å². The molecule has 0 aromatic heterocycles. The number of hydrogen-bond acceptors (Lipinski definition) is 3. The molecule has 2 saturated heterocycles. The summed E-state index contributed by atoms with van der Waals surface area (Å²) < 4.78 is 44.1. The van der Waals surface area contributed by atoms with E-state index in [-0.39, 0.29) is 17.1 Å². The number of alkyl halides is 3. The van der Waals surface area contributed by atoms with E-state index in [1.807, 2.05) is 20.8 Å². The third-order valence-corrected chi connectivity index (χ3v) is 5.92. The smallest absolute Gasteiger partial charge is 0.416 e. The highest BCUT2D eigenvalue weighted by atomic mass is 19.4. The summed E-state index contributed by atoms with van der Waals surface area (Å²) >= 11 is 0. The Balaban J connectivity index is 1.66. The van der Waals surface area contributed by atoms with Crippen LogP contribution in [0.15, 0.2) is 18.2 Å². The van der Waals surface area contributed by atoms with Crippen molar-refractivity contribution in [2.24, 2.45) is 0 Å². The fraction of sp³-hybridized carbons (Fsp3) is 0.667. The molecule has 2 fully saturated rings. The van der Waals surface area contributed by atoms with Gasteiger partial charge >= 0.3 is 12.3 Å². The van der Waals surface area contributed by atoms with Gasteiger partial charge in [-0.15, -0.1) is 0 Å². The van der Waals surface area contributed by atoms with Gasteiger partial charge in [0.2, 0.25) is 0 Å². The van der Waals surface area contributed by atoms with Crippen molar-refractivity contribution in [1.82, 2.24) is 9.80 Å². The van der Waals surface area contributed by atoms with Gasteiger partial charge in [-0.3, -0.25) is 4.90 Å². The molecule has 0 unspecified atom stereocenters. The van der Waals surface area contributed by atoms with Crippen LogP contribution < -0.4 is 5.46 Å². The van der Waals surface area contributed by atoms with Crippen LogP contribution >= 0.6 is 0 Å². The number of ether oxygens (including phenoxy) is 1. The minimum absolute atomic E-state index is 0.0341. The van der Waals surface area contributed by atoms with Crippen LogP contribution in [0.3, 0.4) is 0 Å². The maximum atomic E-state index is 12.9. The third kappa shape index (κ3) is 5.08. The van der Waals surface area contributed by atoms with Crippen molar-refractivity contribution in [3.8, 4) is 0 Å². The van der Waals surface area contributed by atoms with Gasteiger partial charge < -0.3 is 9.64 Å². The zero-order valence-corrected chi connectivity index (χ0v) is 17.3. The van der Waals surface area contributed by atoms with Crippen molar-refractivity contribution in [2.45, 2.75) is 70.3 Å². The van der Waals surface area contributed by atoms with Gasteiger partial charge in [-0.05, 0) is 64.6 Å². The summed E-state index contributed by atoms with van der Waals surface area (Å²) in [4.78, 5) is 16.4. The Morgan fingerprint density at radius 1 is 1.14 bits per heavy atom. The van der Waals surface area contributed by atoms with E-state index in [4.69, 9.17) is 12.6 Å². The average Bonchev–Trinajstić information content (AvgIpc) is 2.97. The molecular weight excluding hydrogens is 380 g/mol. The lowest BCUT2D eigenvalue weighted by atomic mass is 9.83. The van der Waals surface area contributed by atoms with E-state index < -0.39 is 17.3 Å². The van der Waals surface area contributed by atoms with E-state index in [2.05, 4.69) is 4.90 Å². The third-order valence-electron chi connectivity index (χ3n) is 5.92. The van der Waals surface area contributed by atoms with E-state index in [1.165, 1.54) is 6.07 Å². The molecule has 4 nitrogen and oxygen atoms in total. The number of piperidine rings is 1. The lowest BCUT2D eigenvalue weighted by molar-refractivity contribution is -0.137. The fourth-order valence-corrected chi connectivity index (χ4v) is 4.36. The molecule has 2 aliphatic rings. The number of amides is 1. The molecule has 2 radical (unpaired) electrons. The molecule has 1 amide bonds. The summed E-state index contributed by atoms with van der Waals surface area (Å²) in [5.41, 5.74) is -0.387. The minimum atomic E-state index is -4.39. The van der Waals surface area contributed by atoms with Crippen molar-refractivity contribution in [1.29, 1.82) is 0 Å². The molecular formula is C21H28BF3N2O2. The molecule has 1 aromatic carbocycles. The first-order valence-corrected chi connectivity index (χ1v) is 10.1. The van der Waals surface area contributed by atoms with Gasteiger partial charge in [-0.1, -0.05) is 17.6 Å². The molecule has 8 heteroatoms. The number of hydrogen-bond donors (Lipinski definition) is 0. The van der Waals surface area contributed by atoms with Crippen LogP contribution in [0.25, 0.3) is 0 Å². The Morgan fingerprint density at radius 3 is 2.34 bits per heavy atom. The van der Waals surface area contributed by atoms with E-state index in [0.29, 0.717) is 25.2 Å². The number of benzene rings is 1. The summed E-state index contributed by atoms with van der Waals surface area (Å²) in [6.07, 6.45) is -0.970. The number of carbonyl (C=O) groups excluding carboxylic acids is 1. The second kappa shape index (κ2) is 7.86. The molecule has 1 aromatic rings. The van der Waals surface area contributed by atoms with Crippen molar-refractivity contribution < 1.29 is 22.7 Å². The van der Waals surface area contributed by atoms with Crippen LogP contribution in [0.2, 0.25) is 0 Å². The molecule has 1 spiro atoms. The molecule has 2 aliphatic heterocycles. The quantitative estimate of drug-likeness (QED) is 0.697. The van der Waals surface area contributed by atoms with Crippen LogP contribution in [-0.4, -0.2) is 54.5 Å². The predicted octanol–water partition coefficient (Wildman–Crippen LogP) is 3.86. The van der Waals surface area contributed by atoms with Crippen molar-refractivity contribution >= 4 is 19.4 Å². The van der Waals surface area contributed by atoms with Crippen LogP contribution in [-0.2, 0) is 17.5 Å². The molecule has 0 aliphatic carbocycles. The molecule has 158 valence electrons. The number of halogens is 3. The summed E-state index contributed by atoms with van der Waals surface area (Å²) in [6, 6.07) is 3.60. The first kappa shape index (κ1) is 22.0. The molecule has 3 rings (SSSR count). The predicted molar refractivity (Wildman–Crippen MR) is 106 cm³/mol. The summed E-state index contributed by atoms with van der Waals surface area (Å²) in [5.74, 6) is 0. The SMILES string of the molecule is [B]c1cc(C(F)(F)F)ccc1CN1CCCC12CCN(C(=O)OC(C)(C)C)CC2. The zero-order valence-electron chi connectivity index (χ0n) is 17.3. The molecule has 0 N–H and O–H groups in total. The van der Waals surface area contributed by atoms with Gasteiger partial charge in [0.05, 0.1) is 5.56 Å². The maximum absolute atomic E-state index is 12.9. The summed E-state index contributed by atoms with van der Waals surface area (Å²) in [6.45, 7) is 8.20. The van der Waals surface area contributed by atoms with E-state index in [0.717, 1.165) is 44.4 Å². The molecule has 0 bridgehead atoms. The van der Waals surface area contributed by atoms with Crippen LogP contribution in [0.5, 0.6) is 0 Å². The number of likely N-dealkylation sites (tertiary alicyclic amines) is 2. The van der Waals surface area contributed by atoms with Gasteiger partial charge in [-0.25, -0.2) is 4.79 Å². The van der Waals surface area contributed by atoms with Crippen LogP contribution in [0.4, 0.5) is 18.0 Å². The number of nitrogens with zero attached hydrogens (tertiary/aromatic N) is 2. The molecule has 0 saturated carbocycles. The fourth-order valence-electron chi connectivity index (χ4n) is 4.36. The lowest BCUT2D eigenvalue weighted by Crippen LogP contribution is -2.53. The Hall–Kier alpha value is -1.70. The van der Waals surface area contributed by atoms with Gasteiger partial charge in [0.25, 0.3) is 0 Å². The van der Waals surface area contributed by atoms with E-state index in [1.54, 1.807) is 4.90 Å². The van der Waals surface area contributed by atoms with Crippen molar-refractivity contribution in [2.75, 3.05) is 19.6 Å².